The molecule has 0 atom stereocenters. The average molecular weight is 356 g/mol. The minimum atomic E-state index is -0.130. The van der Waals surface area contributed by atoms with Crippen molar-refractivity contribution in [3.63, 3.8) is 0 Å². The van der Waals surface area contributed by atoms with E-state index in [1.807, 2.05) is 48.5 Å². The molecular formula is C22H16N2O3. The molecule has 5 heteroatoms. The predicted octanol–water partition coefficient (Wildman–Crippen LogP) is 4.41. The molecule has 2 aromatic carbocycles. The molecular weight excluding hydrogens is 340 g/mol. The van der Waals surface area contributed by atoms with Gasteiger partial charge in [-0.05, 0) is 24.3 Å². The zero-order valence-electron chi connectivity index (χ0n) is 14.9. The number of fused-ring (bicyclic) bond motifs is 5. The van der Waals surface area contributed by atoms with E-state index in [1.54, 1.807) is 28.1 Å². The second kappa shape index (κ2) is 5.45. The van der Waals surface area contributed by atoms with Crippen LogP contribution >= 0.6 is 0 Å². The summed E-state index contributed by atoms with van der Waals surface area (Å²) in [5.41, 5.74) is 3.16. The predicted molar refractivity (Wildman–Crippen MR) is 105 cm³/mol. The summed E-state index contributed by atoms with van der Waals surface area (Å²) in [4.78, 5) is 24.9. The summed E-state index contributed by atoms with van der Waals surface area (Å²) in [6.45, 7) is 1.48. The van der Waals surface area contributed by atoms with Gasteiger partial charge in [-0.15, -0.1) is 0 Å². The first-order valence-electron chi connectivity index (χ1n) is 8.70. The molecule has 0 spiro atoms. The van der Waals surface area contributed by atoms with Gasteiger partial charge in [0.05, 0.1) is 22.1 Å². The second-order valence-electron chi connectivity index (χ2n) is 6.65. The fraction of sp³-hybridized carbons (Fsp3) is 0.0909. The third-order valence-electron chi connectivity index (χ3n) is 5.07. The topological polar surface area (TPSA) is 56.6 Å². The summed E-state index contributed by atoms with van der Waals surface area (Å²) in [5.74, 6) is 0.758. The number of hydrogen-bond acceptors (Lipinski definition) is 3. The van der Waals surface area contributed by atoms with Crippen LogP contribution in [-0.2, 0) is 7.05 Å². The number of nitrogens with zero attached hydrogens (tertiary/aromatic N) is 2. The summed E-state index contributed by atoms with van der Waals surface area (Å²) in [5, 5.41) is 1.86. The quantitative estimate of drug-likeness (QED) is 0.440. The Bertz CT molecular complexity index is 1430. The normalized spacial score (nSPS) is 11.6. The van der Waals surface area contributed by atoms with Crippen LogP contribution in [0, 0.1) is 0 Å². The van der Waals surface area contributed by atoms with Crippen LogP contribution in [0.3, 0.4) is 0 Å². The lowest BCUT2D eigenvalue weighted by Gasteiger charge is -2.09. The molecule has 0 fully saturated rings. The maximum absolute atomic E-state index is 13.2. The van der Waals surface area contributed by atoms with Crippen LogP contribution in [-0.4, -0.2) is 14.8 Å². The van der Waals surface area contributed by atoms with Crippen LogP contribution in [0.5, 0.6) is 0 Å². The van der Waals surface area contributed by atoms with Crippen LogP contribution in [0.15, 0.2) is 69.9 Å². The van der Waals surface area contributed by atoms with E-state index in [0.717, 1.165) is 32.9 Å². The molecule has 0 aliphatic heterocycles. The standard InChI is InChI=1S/C22H16N2O3/c1-13(25)18-11-12-19(27-18)20-14-7-3-6-10-17(14)24-21(20)15-8-4-5-9-16(15)23(2)22(24)26/h3-12H,1-2H3. The highest BCUT2D eigenvalue weighted by atomic mass is 16.3. The summed E-state index contributed by atoms with van der Waals surface area (Å²) in [7, 11) is 1.78. The number of carbonyl (C=O) groups excluding carboxylic acids is 1. The van der Waals surface area contributed by atoms with Gasteiger partial charge in [-0.1, -0.05) is 36.4 Å². The van der Waals surface area contributed by atoms with Crippen molar-refractivity contribution in [3.05, 3.63) is 76.9 Å². The molecule has 0 bridgehead atoms. The van der Waals surface area contributed by atoms with Gasteiger partial charge in [-0.2, -0.15) is 0 Å². The van der Waals surface area contributed by atoms with Crippen LogP contribution in [0.1, 0.15) is 17.5 Å². The van der Waals surface area contributed by atoms with E-state index in [9.17, 15) is 9.59 Å². The van der Waals surface area contributed by atoms with E-state index in [2.05, 4.69) is 0 Å². The van der Waals surface area contributed by atoms with Gasteiger partial charge in [0.25, 0.3) is 0 Å². The summed E-state index contributed by atoms with van der Waals surface area (Å²) >= 11 is 0. The Balaban J connectivity index is 2.08. The third kappa shape index (κ3) is 2.05. The van der Waals surface area contributed by atoms with E-state index >= 15 is 0 Å². The average Bonchev–Trinajstić information content (AvgIpc) is 3.29. The van der Waals surface area contributed by atoms with Gasteiger partial charge in [0.15, 0.2) is 11.5 Å². The van der Waals surface area contributed by atoms with Gasteiger partial charge in [-0.3, -0.25) is 13.8 Å². The molecule has 0 amide bonds. The highest BCUT2D eigenvalue weighted by Gasteiger charge is 2.21. The molecule has 0 N–H and O–H groups in total. The molecule has 0 aliphatic carbocycles. The molecule has 0 aliphatic rings. The van der Waals surface area contributed by atoms with E-state index in [-0.39, 0.29) is 11.5 Å². The number of rotatable bonds is 2. The number of hydrogen-bond donors (Lipinski definition) is 0. The molecule has 0 unspecified atom stereocenters. The number of carbonyl (C=O) groups is 1. The number of furan rings is 1. The van der Waals surface area contributed by atoms with Gasteiger partial charge >= 0.3 is 5.69 Å². The number of benzene rings is 2. The largest absolute Gasteiger partial charge is 0.453 e. The first-order valence-corrected chi connectivity index (χ1v) is 8.70. The Morgan fingerprint density at radius 3 is 2.26 bits per heavy atom. The third-order valence-corrected chi connectivity index (χ3v) is 5.07. The smallest absolute Gasteiger partial charge is 0.333 e. The van der Waals surface area contributed by atoms with E-state index in [1.165, 1.54) is 6.92 Å². The minimum absolute atomic E-state index is 0.121. The molecule has 5 aromatic rings. The molecule has 0 radical (unpaired) electrons. The van der Waals surface area contributed by atoms with Gasteiger partial charge in [0.1, 0.15) is 5.76 Å². The minimum Gasteiger partial charge on any atom is -0.453 e. The number of aryl methyl sites for hydroxylation is 1. The Kier molecular flexibility index (Phi) is 3.15. The highest BCUT2D eigenvalue weighted by molar-refractivity contribution is 6.13. The molecule has 5 rings (SSSR count). The van der Waals surface area contributed by atoms with Gasteiger partial charge in [0.2, 0.25) is 0 Å². The van der Waals surface area contributed by atoms with Gasteiger partial charge < -0.3 is 4.42 Å². The number of para-hydroxylation sites is 2. The van der Waals surface area contributed by atoms with Crippen molar-refractivity contribution in [2.75, 3.05) is 0 Å². The summed E-state index contributed by atoms with van der Waals surface area (Å²) < 4.78 is 9.23. The molecule has 3 heterocycles. The SMILES string of the molecule is CC(=O)c1ccc(-c2c3ccccc3n3c(=O)n(C)c4ccccc4c23)o1. The molecule has 27 heavy (non-hydrogen) atoms. The van der Waals surface area contributed by atoms with Crippen LogP contribution < -0.4 is 5.69 Å². The van der Waals surface area contributed by atoms with E-state index in [0.29, 0.717) is 11.5 Å². The summed E-state index contributed by atoms with van der Waals surface area (Å²) in [6.07, 6.45) is 0. The monoisotopic (exact) mass is 356 g/mol. The van der Waals surface area contributed by atoms with E-state index < -0.39 is 0 Å². The maximum Gasteiger partial charge on any atom is 0.333 e. The number of aromatic nitrogens is 2. The molecule has 0 saturated carbocycles. The molecule has 132 valence electrons. The molecule has 5 nitrogen and oxygen atoms in total. The molecule has 3 aromatic heterocycles. The first-order chi connectivity index (χ1) is 13.1. The Morgan fingerprint density at radius 2 is 1.56 bits per heavy atom. The van der Waals surface area contributed by atoms with Crippen molar-refractivity contribution < 1.29 is 9.21 Å². The number of ketones is 1. The Labute approximate surface area is 154 Å². The van der Waals surface area contributed by atoms with E-state index in [4.69, 9.17) is 4.42 Å². The Morgan fingerprint density at radius 1 is 0.889 bits per heavy atom. The lowest BCUT2D eigenvalue weighted by molar-refractivity contribution is 0.0988. The van der Waals surface area contributed by atoms with Gasteiger partial charge in [0, 0.05) is 24.7 Å². The van der Waals surface area contributed by atoms with Gasteiger partial charge in [-0.25, -0.2) is 4.79 Å². The zero-order valence-corrected chi connectivity index (χ0v) is 14.9. The first kappa shape index (κ1) is 15.6. The fourth-order valence-corrected chi connectivity index (χ4v) is 3.82. The maximum atomic E-state index is 13.2. The zero-order chi connectivity index (χ0) is 18.7. The van der Waals surface area contributed by atoms with Crippen molar-refractivity contribution in [2.24, 2.45) is 7.05 Å². The van der Waals surface area contributed by atoms with Crippen LogP contribution in [0.25, 0.3) is 38.6 Å². The van der Waals surface area contributed by atoms with Crippen molar-refractivity contribution in [1.82, 2.24) is 8.97 Å². The lowest BCUT2D eigenvalue weighted by Crippen LogP contribution is -2.24. The second-order valence-corrected chi connectivity index (χ2v) is 6.65. The fourth-order valence-electron chi connectivity index (χ4n) is 3.82. The number of Topliss-reactive ketones (excluding diaryl/α,β-unsaturated/α-hetero) is 1. The van der Waals surface area contributed by atoms with Crippen molar-refractivity contribution in [3.8, 4) is 11.3 Å². The Hall–Kier alpha value is -3.60. The lowest BCUT2D eigenvalue weighted by atomic mass is 10.1. The van der Waals surface area contributed by atoms with Crippen LogP contribution in [0.4, 0.5) is 0 Å². The molecule has 0 saturated heterocycles. The van der Waals surface area contributed by atoms with Crippen molar-refractivity contribution in [2.45, 2.75) is 6.92 Å². The summed E-state index contributed by atoms with van der Waals surface area (Å²) in [6, 6.07) is 19.0. The van der Waals surface area contributed by atoms with Crippen molar-refractivity contribution >= 4 is 33.1 Å². The highest BCUT2D eigenvalue weighted by Crippen LogP contribution is 2.38. The van der Waals surface area contributed by atoms with Crippen LogP contribution in [0.2, 0.25) is 0 Å². The van der Waals surface area contributed by atoms with Crippen molar-refractivity contribution in [1.29, 1.82) is 0 Å².